The van der Waals surface area contributed by atoms with Gasteiger partial charge in [0.05, 0.1) is 12.8 Å². The molecule has 0 amide bonds. The number of para-hydroxylation sites is 2. The highest BCUT2D eigenvalue weighted by Crippen LogP contribution is 2.22. The van der Waals surface area contributed by atoms with Crippen molar-refractivity contribution in [2.45, 2.75) is 6.42 Å². The number of rotatable bonds is 5. The van der Waals surface area contributed by atoms with E-state index in [1.165, 1.54) is 5.56 Å². The van der Waals surface area contributed by atoms with Gasteiger partial charge in [-0.3, -0.25) is 4.99 Å². The molecule has 3 N–H and O–H groups in total. The van der Waals surface area contributed by atoms with E-state index >= 15 is 0 Å². The summed E-state index contributed by atoms with van der Waals surface area (Å²) in [4.78, 5) is 4.31. The van der Waals surface area contributed by atoms with Gasteiger partial charge in [-0.1, -0.05) is 35.9 Å². The standard InChI is InChI=1S/C16H18ClN3O/c1-21-15-5-3-2-4-14(15)20-16(18)19-11-10-12-6-8-13(17)9-7-12/h2-9H,10-11H2,1H3,(H3,18,19,20). The molecule has 0 radical (unpaired) electrons. The van der Waals surface area contributed by atoms with Gasteiger partial charge in [0.1, 0.15) is 5.75 Å². The first-order chi connectivity index (χ1) is 10.2. The Labute approximate surface area is 129 Å². The fourth-order valence-electron chi connectivity index (χ4n) is 1.88. The molecule has 0 heterocycles. The van der Waals surface area contributed by atoms with Gasteiger partial charge in [-0.05, 0) is 36.2 Å². The Morgan fingerprint density at radius 2 is 1.90 bits per heavy atom. The van der Waals surface area contributed by atoms with Crippen molar-refractivity contribution >= 4 is 23.2 Å². The number of ether oxygens (including phenoxy) is 1. The number of nitrogens with two attached hydrogens (primary N) is 1. The number of nitrogens with one attached hydrogen (secondary N) is 1. The lowest BCUT2D eigenvalue weighted by molar-refractivity contribution is 0.417. The molecule has 2 aromatic carbocycles. The van der Waals surface area contributed by atoms with Crippen LogP contribution in [0.15, 0.2) is 53.5 Å². The van der Waals surface area contributed by atoms with Crippen LogP contribution in [0.5, 0.6) is 5.75 Å². The average Bonchev–Trinajstić information content (AvgIpc) is 2.50. The van der Waals surface area contributed by atoms with Gasteiger partial charge in [-0.2, -0.15) is 0 Å². The first-order valence-electron chi connectivity index (χ1n) is 6.63. The first kappa shape index (κ1) is 15.2. The third kappa shape index (κ3) is 4.68. The predicted octanol–water partition coefficient (Wildman–Crippen LogP) is 3.32. The normalized spacial score (nSPS) is 11.2. The molecule has 0 aliphatic carbocycles. The number of anilines is 1. The number of halogens is 1. The van der Waals surface area contributed by atoms with Crippen LogP contribution in [0.3, 0.4) is 0 Å². The maximum atomic E-state index is 5.88. The molecule has 110 valence electrons. The Morgan fingerprint density at radius 3 is 2.62 bits per heavy atom. The van der Waals surface area contributed by atoms with Crippen molar-refractivity contribution in [3.63, 3.8) is 0 Å². The van der Waals surface area contributed by atoms with E-state index in [0.29, 0.717) is 12.5 Å². The van der Waals surface area contributed by atoms with E-state index < -0.39 is 0 Å². The molecule has 0 aliphatic rings. The number of nitrogens with zero attached hydrogens (tertiary/aromatic N) is 1. The topological polar surface area (TPSA) is 59.6 Å². The molecule has 5 heteroatoms. The third-order valence-corrected chi connectivity index (χ3v) is 3.22. The summed E-state index contributed by atoms with van der Waals surface area (Å²) >= 11 is 5.85. The SMILES string of the molecule is COc1ccccc1NC(N)=NCCc1ccc(Cl)cc1. The molecule has 4 nitrogen and oxygen atoms in total. The van der Waals surface area contributed by atoms with Crippen molar-refractivity contribution in [3.05, 3.63) is 59.1 Å². The van der Waals surface area contributed by atoms with Gasteiger partial charge in [0, 0.05) is 11.6 Å². The molecule has 0 saturated heterocycles. The summed E-state index contributed by atoms with van der Waals surface area (Å²) in [6.07, 6.45) is 0.811. The van der Waals surface area contributed by atoms with Crippen LogP contribution >= 0.6 is 11.6 Å². The van der Waals surface area contributed by atoms with Crippen molar-refractivity contribution in [3.8, 4) is 5.75 Å². The van der Waals surface area contributed by atoms with Crippen molar-refractivity contribution in [2.75, 3.05) is 19.0 Å². The number of hydrogen-bond acceptors (Lipinski definition) is 2. The lowest BCUT2D eigenvalue weighted by Crippen LogP contribution is -2.23. The van der Waals surface area contributed by atoms with Crippen molar-refractivity contribution in [1.29, 1.82) is 0 Å². The van der Waals surface area contributed by atoms with Crippen LogP contribution in [0.25, 0.3) is 0 Å². The lowest BCUT2D eigenvalue weighted by atomic mass is 10.1. The van der Waals surface area contributed by atoms with Gasteiger partial charge in [0.15, 0.2) is 5.96 Å². The first-order valence-corrected chi connectivity index (χ1v) is 7.01. The highest BCUT2D eigenvalue weighted by atomic mass is 35.5. The van der Waals surface area contributed by atoms with E-state index in [2.05, 4.69) is 10.3 Å². The summed E-state index contributed by atoms with van der Waals surface area (Å²) in [5.41, 5.74) is 7.85. The minimum Gasteiger partial charge on any atom is -0.495 e. The van der Waals surface area contributed by atoms with Crippen LogP contribution in [-0.2, 0) is 6.42 Å². The van der Waals surface area contributed by atoms with Crippen molar-refractivity contribution in [1.82, 2.24) is 0 Å². The van der Waals surface area contributed by atoms with Crippen LogP contribution < -0.4 is 15.8 Å². The molecular weight excluding hydrogens is 286 g/mol. The van der Waals surface area contributed by atoms with E-state index in [1.54, 1.807) is 7.11 Å². The second kappa shape index (κ2) is 7.55. The average molecular weight is 304 g/mol. The fourth-order valence-corrected chi connectivity index (χ4v) is 2.01. The van der Waals surface area contributed by atoms with Gasteiger partial charge < -0.3 is 15.8 Å². The third-order valence-electron chi connectivity index (χ3n) is 2.97. The highest BCUT2D eigenvalue weighted by molar-refractivity contribution is 6.30. The second-order valence-electron chi connectivity index (χ2n) is 4.47. The largest absolute Gasteiger partial charge is 0.495 e. The van der Waals surface area contributed by atoms with Gasteiger partial charge in [0.2, 0.25) is 0 Å². The summed E-state index contributed by atoms with van der Waals surface area (Å²) in [6.45, 7) is 0.607. The number of aliphatic imine (C=N–C) groups is 1. The quantitative estimate of drug-likeness (QED) is 0.658. The van der Waals surface area contributed by atoms with E-state index in [0.717, 1.165) is 22.9 Å². The summed E-state index contributed by atoms with van der Waals surface area (Å²) in [7, 11) is 1.62. The van der Waals surface area contributed by atoms with Crippen molar-refractivity contribution < 1.29 is 4.74 Å². The number of methoxy groups -OCH3 is 1. The van der Waals surface area contributed by atoms with Crippen LogP contribution in [-0.4, -0.2) is 19.6 Å². The van der Waals surface area contributed by atoms with Crippen LogP contribution in [0, 0.1) is 0 Å². The number of benzene rings is 2. The lowest BCUT2D eigenvalue weighted by Gasteiger charge is -2.10. The molecule has 0 atom stereocenters. The molecule has 0 fully saturated rings. The summed E-state index contributed by atoms with van der Waals surface area (Å²) in [6, 6.07) is 15.3. The molecule has 0 bridgehead atoms. The molecule has 0 spiro atoms. The Morgan fingerprint density at radius 1 is 1.19 bits per heavy atom. The number of guanidine groups is 1. The molecule has 0 saturated carbocycles. The monoisotopic (exact) mass is 303 g/mol. The maximum absolute atomic E-state index is 5.88. The van der Waals surface area contributed by atoms with E-state index in [4.69, 9.17) is 22.1 Å². The zero-order chi connectivity index (χ0) is 15.1. The smallest absolute Gasteiger partial charge is 0.193 e. The minimum absolute atomic E-state index is 0.369. The summed E-state index contributed by atoms with van der Waals surface area (Å²) < 4.78 is 5.25. The molecule has 2 rings (SSSR count). The maximum Gasteiger partial charge on any atom is 0.193 e. The van der Waals surface area contributed by atoms with E-state index in [9.17, 15) is 0 Å². The van der Waals surface area contributed by atoms with E-state index in [1.807, 2.05) is 48.5 Å². The van der Waals surface area contributed by atoms with E-state index in [-0.39, 0.29) is 0 Å². The van der Waals surface area contributed by atoms with Gasteiger partial charge in [0.25, 0.3) is 0 Å². The molecule has 21 heavy (non-hydrogen) atoms. The molecule has 0 aromatic heterocycles. The fraction of sp³-hybridized carbons (Fsp3) is 0.188. The van der Waals surface area contributed by atoms with Crippen molar-refractivity contribution in [2.24, 2.45) is 10.7 Å². The highest BCUT2D eigenvalue weighted by Gasteiger charge is 2.02. The predicted molar refractivity (Wildman–Crippen MR) is 88.3 cm³/mol. The summed E-state index contributed by atoms with van der Waals surface area (Å²) in [5, 5.41) is 3.77. The Balaban J connectivity index is 1.90. The van der Waals surface area contributed by atoms with Crippen LogP contribution in [0.2, 0.25) is 5.02 Å². The molecule has 0 aliphatic heterocycles. The zero-order valence-corrected chi connectivity index (χ0v) is 12.6. The molecular formula is C16H18ClN3O. The number of hydrogen-bond donors (Lipinski definition) is 2. The van der Waals surface area contributed by atoms with Gasteiger partial charge in [-0.25, -0.2) is 0 Å². The Hall–Kier alpha value is -2.20. The zero-order valence-electron chi connectivity index (χ0n) is 11.8. The Kier molecular flexibility index (Phi) is 5.46. The second-order valence-corrected chi connectivity index (χ2v) is 4.91. The minimum atomic E-state index is 0.369. The van der Waals surface area contributed by atoms with Gasteiger partial charge in [-0.15, -0.1) is 0 Å². The van der Waals surface area contributed by atoms with Crippen LogP contribution in [0.4, 0.5) is 5.69 Å². The molecule has 2 aromatic rings. The van der Waals surface area contributed by atoms with Gasteiger partial charge >= 0.3 is 0 Å². The Bertz CT molecular complexity index is 611. The molecule has 0 unspecified atom stereocenters. The van der Waals surface area contributed by atoms with Crippen LogP contribution in [0.1, 0.15) is 5.56 Å². The summed E-state index contributed by atoms with van der Waals surface area (Å²) in [5.74, 6) is 1.10.